The molecule has 1 N–H and O–H groups in total. The van der Waals surface area contributed by atoms with Crippen LogP contribution in [-0.4, -0.2) is 23.4 Å². The molecule has 25 heavy (non-hydrogen) atoms. The largest absolute Gasteiger partial charge is 0.468 e. The zero-order valence-corrected chi connectivity index (χ0v) is 14.8. The first-order valence-corrected chi connectivity index (χ1v) is 9.37. The smallest absolute Gasteiger partial charge is 0.234 e. The Kier molecular flexibility index (Phi) is 6.69. The van der Waals surface area contributed by atoms with E-state index in [9.17, 15) is 4.79 Å². The molecule has 4 heteroatoms. The van der Waals surface area contributed by atoms with Crippen molar-refractivity contribution in [2.45, 2.75) is 57.7 Å². The first kappa shape index (κ1) is 17.7. The number of benzene rings is 1. The van der Waals surface area contributed by atoms with Gasteiger partial charge in [0.05, 0.1) is 19.4 Å². The van der Waals surface area contributed by atoms with Crippen LogP contribution in [-0.2, 0) is 17.9 Å². The van der Waals surface area contributed by atoms with E-state index in [-0.39, 0.29) is 5.91 Å². The predicted molar refractivity (Wildman–Crippen MR) is 98.9 cm³/mol. The van der Waals surface area contributed by atoms with Crippen LogP contribution in [0.4, 0.5) is 0 Å². The van der Waals surface area contributed by atoms with Gasteiger partial charge in [0, 0.05) is 12.6 Å². The molecule has 0 radical (unpaired) electrons. The maximum Gasteiger partial charge on any atom is 0.234 e. The fourth-order valence-corrected chi connectivity index (χ4v) is 3.53. The summed E-state index contributed by atoms with van der Waals surface area (Å²) in [6.45, 7) is 1.77. The molecule has 1 aliphatic rings. The molecule has 4 nitrogen and oxygen atoms in total. The quantitative estimate of drug-likeness (QED) is 0.771. The van der Waals surface area contributed by atoms with Gasteiger partial charge in [0.15, 0.2) is 0 Å². The highest BCUT2D eigenvalue weighted by Crippen LogP contribution is 2.17. The lowest BCUT2D eigenvalue weighted by Gasteiger charge is -2.23. The van der Waals surface area contributed by atoms with Gasteiger partial charge in [-0.2, -0.15) is 0 Å². The van der Waals surface area contributed by atoms with Crippen molar-refractivity contribution in [3.8, 4) is 0 Å². The molecule has 0 spiro atoms. The fraction of sp³-hybridized carbons (Fsp3) is 0.476. The second kappa shape index (κ2) is 9.42. The van der Waals surface area contributed by atoms with Gasteiger partial charge in [0.25, 0.3) is 0 Å². The van der Waals surface area contributed by atoms with Gasteiger partial charge in [-0.05, 0) is 30.5 Å². The number of nitrogens with one attached hydrogen (secondary N) is 1. The summed E-state index contributed by atoms with van der Waals surface area (Å²) in [5.41, 5.74) is 1.20. The van der Waals surface area contributed by atoms with Gasteiger partial charge in [-0.15, -0.1) is 0 Å². The molecule has 1 fully saturated rings. The van der Waals surface area contributed by atoms with Crippen LogP contribution in [0.2, 0.25) is 0 Å². The van der Waals surface area contributed by atoms with E-state index in [1.807, 2.05) is 30.3 Å². The maximum absolute atomic E-state index is 12.6. The number of furan rings is 1. The van der Waals surface area contributed by atoms with Crippen LogP contribution in [0.3, 0.4) is 0 Å². The Morgan fingerprint density at radius 2 is 1.76 bits per heavy atom. The van der Waals surface area contributed by atoms with Crippen molar-refractivity contribution < 1.29 is 9.21 Å². The highest BCUT2D eigenvalue weighted by Gasteiger charge is 2.18. The molecule has 1 heterocycles. The van der Waals surface area contributed by atoms with Crippen LogP contribution < -0.4 is 5.32 Å². The first-order valence-electron chi connectivity index (χ1n) is 9.37. The van der Waals surface area contributed by atoms with Gasteiger partial charge in [-0.25, -0.2) is 0 Å². The number of hydrogen-bond acceptors (Lipinski definition) is 3. The minimum Gasteiger partial charge on any atom is -0.468 e. The van der Waals surface area contributed by atoms with Crippen molar-refractivity contribution in [2.75, 3.05) is 6.54 Å². The Morgan fingerprint density at radius 1 is 1.00 bits per heavy atom. The SMILES string of the molecule is O=C(CN(Cc1ccccc1)Cc1ccco1)NC1CCCCCC1. The minimum atomic E-state index is 0.120. The molecular weight excluding hydrogens is 312 g/mol. The summed E-state index contributed by atoms with van der Waals surface area (Å²) in [5.74, 6) is 1.01. The molecule has 134 valence electrons. The molecule has 0 atom stereocenters. The Balaban J connectivity index is 1.58. The average molecular weight is 340 g/mol. The molecule has 1 aromatic carbocycles. The molecule has 1 saturated carbocycles. The second-order valence-electron chi connectivity index (χ2n) is 6.97. The Bertz CT molecular complexity index is 617. The van der Waals surface area contributed by atoms with Gasteiger partial charge < -0.3 is 9.73 Å². The molecule has 0 bridgehead atoms. The van der Waals surface area contributed by atoms with Crippen LogP contribution in [0.25, 0.3) is 0 Å². The molecule has 0 aliphatic heterocycles. The van der Waals surface area contributed by atoms with E-state index in [2.05, 4.69) is 22.3 Å². The highest BCUT2D eigenvalue weighted by molar-refractivity contribution is 5.78. The molecule has 2 aromatic rings. The first-order chi connectivity index (χ1) is 12.3. The predicted octanol–water partition coefficient (Wildman–Crippen LogP) is 4.12. The lowest BCUT2D eigenvalue weighted by Crippen LogP contribution is -2.41. The third-order valence-corrected chi connectivity index (χ3v) is 4.80. The van der Waals surface area contributed by atoms with E-state index >= 15 is 0 Å². The molecule has 0 unspecified atom stereocenters. The standard InChI is InChI=1S/C21H28N2O2/c24-21(22-19-11-6-1-2-7-12-19)17-23(16-20-13-8-14-25-20)15-18-9-4-3-5-10-18/h3-5,8-10,13-14,19H,1-2,6-7,11-12,15-17H2,(H,22,24). The minimum absolute atomic E-state index is 0.120. The number of rotatable bonds is 7. The number of nitrogens with zero attached hydrogens (tertiary/aromatic N) is 1. The van der Waals surface area contributed by atoms with E-state index in [0.29, 0.717) is 19.1 Å². The summed E-state index contributed by atoms with van der Waals surface area (Å²) >= 11 is 0. The van der Waals surface area contributed by atoms with Gasteiger partial charge in [0.2, 0.25) is 5.91 Å². The zero-order valence-electron chi connectivity index (χ0n) is 14.8. The Morgan fingerprint density at radius 3 is 2.44 bits per heavy atom. The van der Waals surface area contributed by atoms with Gasteiger partial charge >= 0.3 is 0 Å². The normalized spacial score (nSPS) is 15.9. The average Bonchev–Trinajstić information content (AvgIpc) is 2.98. The van der Waals surface area contributed by atoms with Gasteiger partial charge in [-0.3, -0.25) is 9.69 Å². The summed E-state index contributed by atoms with van der Waals surface area (Å²) in [6.07, 6.45) is 8.96. The van der Waals surface area contributed by atoms with Gasteiger partial charge in [-0.1, -0.05) is 56.0 Å². The van der Waals surface area contributed by atoms with Gasteiger partial charge in [0.1, 0.15) is 5.76 Å². The third kappa shape index (κ3) is 6.05. The van der Waals surface area contributed by atoms with Crippen LogP contribution in [0.1, 0.15) is 49.8 Å². The lowest BCUT2D eigenvalue weighted by molar-refractivity contribution is -0.123. The zero-order chi connectivity index (χ0) is 17.3. The lowest BCUT2D eigenvalue weighted by atomic mass is 10.1. The number of hydrogen-bond donors (Lipinski definition) is 1. The van der Waals surface area contributed by atoms with Crippen LogP contribution >= 0.6 is 0 Å². The van der Waals surface area contributed by atoms with E-state index in [4.69, 9.17) is 4.42 Å². The molecule has 1 aliphatic carbocycles. The van der Waals surface area contributed by atoms with Crippen molar-refractivity contribution in [1.82, 2.24) is 10.2 Å². The number of carbonyl (C=O) groups is 1. The summed E-state index contributed by atoms with van der Waals surface area (Å²) in [5, 5.41) is 3.24. The summed E-state index contributed by atoms with van der Waals surface area (Å²) in [4.78, 5) is 14.7. The van der Waals surface area contributed by atoms with E-state index < -0.39 is 0 Å². The van der Waals surface area contributed by atoms with Crippen LogP contribution in [0.5, 0.6) is 0 Å². The second-order valence-corrected chi connectivity index (χ2v) is 6.97. The van der Waals surface area contributed by atoms with E-state index in [1.54, 1.807) is 6.26 Å². The molecule has 3 rings (SSSR count). The topological polar surface area (TPSA) is 45.5 Å². The monoisotopic (exact) mass is 340 g/mol. The molecule has 1 amide bonds. The maximum atomic E-state index is 12.6. The molecular formula is C21H28N2O2. The fourth-order valence-electron chi connectivity index (χ4n) is 3.53. The van der Waals surface area contributed by atoms with E-state index in [0.717, 1.165) is 25.1 Å². The molecule has 0 saturated heterocycles. The summed E-state index contributed by atoms with van der Waals surface area (Å²) < 4.78 is 5.48. The third-order valence-electron chi connectivity index (χ3n) is 4.80. The van der Waals surface area contributed by atoms with Crippen LogP contribution in [0.15, 0.2) is 53.1 Å². The van der Waals surface area contributed by atoms with Crippen LogP contribution in [0, 0.1) is 0 Å². The number of carbonyl (C=O) groups excluding carboxylic acids is 1. The Labute approximate surface area is 150 Å². The number of amides is 1. The van der Waals surface area contributed by atoms with Crippen molar-refractivity contribution in [1.29, 1.82) is 0 Å². The van der Waals surface area contributed by atoms with E-state index in [1.165, 1.54) is 31.2 Å². The molecule has 1 aromatic heterocycles. The van der Waals surface area contributed by atoms with Crippen molar-refractivity contribution in [2.24, 2.45) is 0 Å². The van der Waals surface area contributed by atoms with Crippen molar-refractivity contribution >= 4 is 5.91 Å². The summed E-state index contributed by atoms with van der Waals surface area (Å²) in [6, 6.07) is 14.5. The van der Waals surface area contributed by atoms with Crippen molar-refractivity contribution in [3.63, 3.8) is 0 Å². The Hall–Kier alpha value is -2.07. The highest BCUT2D eigenvalue weighted by atomic mass is 16.3. The summed E-state index contributed by atoms with van der Waals surface area (Å²) in [7, 11) is 0. The van der Waals surface area contributed by atoms with Crippen molar-refractivity contribution in [3.05, 3.63) is 60.1 Å².